The molecule has 2 N–H and O–H groups in total. The van der Waals surface area contributed by atoms with Crippen LogP contribution in [-0.2, 0) is 16.1 Å². The number of nitrogens with zero attached hydrogens (tertiary/aromatic N) is 2. The molecule has 1 unspecified atom stereocenters. The van der Waals surface area contributed by atoms with Gasteiger partial charge in [0.05, 0.1) is 19.3 Å². The van der Waals surface area contributed by atoms with E-state index in [0.29, 0.717) is 18.1 Å². The van der Waals surface area contributed by atoms with Crippen LogP contribution in [0.1, 0.15) is 5.69 Å². The van der Waals surface area contributed by atoms with E-state index in [-0.39, 0.29) is 19.0 Å². The van der Waals surface area contributed by atoms with Gasteiger partial charge < -0.3 is 15.2 Å². The van der Waals surface area contributed by atoms with Gasteiger partial charge in [0.25, 0.3) is 0 Å². The van der Waals surface area contributed by atoms with Crippen molar-refractivity contribution in [2.45, 2.75) is 12.6 Å². The van der Waals surface area contributed by atoms with Gasteiger partial charge in [0.1, 0.15) is 6.04 Å². The molecule has 0 aliphatic carbocycles. The number of ether oxygens (including phenoxy) is 1. The van der Waals surface area contributed by atoms with Gasteiger partial charge in [-0.2, -0.15) is 0 Å². The van der Waals surface area contributed by atoms with Crippen molar-refractivity contribution < 1.29 is 19.4 Å². The molecular weight excluding hydrogens is 250 g/mol. The van der Waals surface area contributed by atoms with Gasteiger partial charge in [-0.3, -0.25) is 14.5 Å². The Morgan fingerprint density at radius 2 is 2.42 bits per heavy atom. The van der Waals surface area contributed by atoms with Gasteiger partial charge in [-0.1, -0.05) is 6.07 Å². The fraction of sp³-hybridized carbons (Fsp3) is 0.417. The minimum Gasteiger partial charge on any atom is -0.481 e. The number of aliphatic carboxylic acids is 1. The third-order valence-corrected chi connectivity index (χ3v) is 2.92. The van der Waals surface area contributed by atoms with Crippen molar-refractivity contribution in [3.63, 3.8) is 0 Å². The van der Waals surface area contributed by atoms with E-state index in [4.69, 9.17) is 9.84 Å². The number of amides is 1. The predicted molar refractivity (Wildman–Crippen MR) is 65.6 cm³/mol. The molecule has 102 valence electrons. The number of pyridine rings is 1. The largest absolute Gasteiger partial charge is 0.481 e. The lowest BCUT2D eigenvalue weighted by molar-refractivity contribution is -0.146. The summed E-state index contributed by atoms with van der Waals surface area (Å²) in [4.78, 5) is 28.3. The molecule has 0 bridgehead atoms. The van der Waals surface area contributed by atoms with E-state index in [9.17, 15) is 9.59 Å². The minimum absolute atomic E-state index is 0.0514. The highest BCUT2D eigenvalue weighted by Gasteiger charge is 2.31. The first kappa shape index (κ1) is 13.3. The molecule has 2 rings (SSSR count). The summed E-state index contributed by atoms with van der Waals surface area (Å²) < 4.78 is 5.01. The zero-order valence-corrected chi connectivity index (χ0v) is 10.5. The van der Waals surface area contributed by atoms with E-state index in [1.807, 2.05) is 0 Å². The maximum atomic E-state index is 11.4. The van der Waals surface area contributed by atoms with Crippen molar-refractivity contribution in [1.29, 1.82) is 0 Å². The van der Waals surface area contributed by atoms with E-state index in [1.54, 1.807) is 23.1 Å². The van der Waals surface area contributed by atoms with Crippen LogP contribution >= 0.6 is 0 Å². The van der Waals surface area contributed by atoms with Crippen molar-refractivity contribution in [3.05, 3.63) is 23.9 Å². The maximum absolute atomic E-state index is 11.4. The van der Waals surface area contributed by atoms with Gasteiger partial charge in [0.2, 0.25) is 11.8 Å². The smallest absolute Gasteiger partial charge is 0.322 e. The van der Waals surface area contributed by atoms with Crippen molar-refractivity contribution in [2.24, 2.45) is 0 Å². The number of rotatable bonds is 4. The van der Waals surface area contributed by atoms with Crippen LogP contribution in [0.5, 0.6) is 5.88 Å². The highest BCUT2D eigenvalue weighted by atomic mass is 16.5. The van der Waals surface area contributed by atoms with Crippen LogP contribution < -0.4 is 10.1 Å². The van der Waals surface area contributed by atoms with E-state index in [2.05, 4.69) is 10.3 Å². The Morgan fingerprint density at radius 1 is 1.63 bits per heavy atom. The maximum Gasteiger partial charge on any atom is 0.322 e. The van der Waals surface area contributed by atoms with Gasteiger partial charge in [-0.25, -0.2) is 4.98 Å². The van der Waals surface area contributed by atoms with Gasteiger partial charge in [-0.05, 0) is 6.07 Å². The Morgan fingerprint density at radius 3 is 3.11 bits per heavy atom. The van der Waals surface area contributed by atoms with Crippen molar-refractivity contribution in [2.75, 3.05) is 20.2 Å². The van der Waals surface area contributed by atoms with Gasteiger partial charge in [0.15, 0.2) is 0 Å². The molecular formula is C12H15N3O4. The number of methoxy groups -OCH3 is 1. The minimum atomic E-state index is -0.956. The fourth-order valence-electron chi connectivity index (χ4n) is 1.97. The standard InChI is InChI=1S/C12H15N3O4/c1-19-11-4-2-3-8(14-11)6-15-7-10(16)13-5-9(15)12(17)18/h2-4,9H,5-7H2,1H3,(H,13,16)(H,17,18). The first-order valence-corrected chi connectivity index (χ1v) is 5.83. The Kier molecular flexibility index (Phi) is 3.96. The molecule has 1 aromatic heterocycles. The zero-order valence-electron chi connectivity index (χ0n) is 10.5. The monoisotopic (exact) mass is 265 g/mol. The van der Waals surface area contributed by atoms with Gasteiger partial charge in [0, 0.05) is 19.2 Å². The van der Waals surface area contributed by atoms with Crippen molar-refractivity contribution in [3.8, 4) is 5.88 Å². The first-order valence-electron chi connectivity index (χ1n) is 5.83. The molecule has 1 saturated heterocycles. The number of hydrogen-bond acceptors (Lipinski definition) is 5. The molecule has 0 spiro atoms. The molecule has 1 aliphatic rings. The Balaban J connectivity index is 2.13. The Bertz CT molecular complexity index is 492. The van der Waals surface area contributed by atoms with Crippen LogP contribution in [0.3, 0.4) is 0 Å². The quantitative estimate of drug-likeness (QED) is 0.760. The van der Waals surface area contributed by atoms with E-state index in [0.717, 1.165) is 0 Å². The van der Waals surface area contributed by atoms with Crippen molar-refractivity contribution in [1.82, 2.24) is 15.2 Å². The number of aromatic nitrogens is 1. The third-order valence-electron chi connectivity index (χ3n) is 2.92. The summed E-state index contributed by atoms with van der Waals surface area (Å²) in [5, 5.41) is 11.7. The summed E-state index contributed by atoms with van der Waals surface area (Å²) >= 11 is 0. The Hall–Kier alpha value is -2.15. The summed E-state index contributed by atoms with van der Waals surface area (Å²) in [7, 11) is 1.51. The summed E-state index contributed by atoms with van der Waals surface area (Å²) in [6.07, 6.45) is 0. The molecule has 1 atom stereocenters. The van der Waals surface area contributed by atoms with E-state index < -0.39 is 12.0 Å². The normalized spacial score (nSPS) is 19.8. The molecule has 0 aromatic carbocycles. The molecule has 1 amide bonds. The third kappa shape index (κ3) is 3.19. The first-order chi connectivity index (χ1) is 9.10. The molecule has 7 nitrogen and oxygen atoms in total. The van der Waals surface area contributed by atoms with Crippen LogP contribution in [0.2, 0.25) is 0 Å². The lowest BCUT2D eigenvalue weighted by Gasteiger charge is -2.32. The molecule has 0 saturated carbocycles. The molecule has 0 radical (unpaired) electrons. The van der Waals surface area contributed by atoms with Crippen LogP contribution in [-0.4, -0.2) is 53.1 Å². The second kappa shape index (κ2) is 5.66. The number of carboxylic acids is 1. The van der Waals surface area contributed by atoms with Gasteiger partial charge in [-0.15, -0.1) is 0 Å². The number of carbonyl (C=O) groups is 2. The molecule has 1 fully saturated rings. The number of nitrogens with one attached hydrogen (secondary N) is 1. The van der Waals surface area contributed by atoms with Crippen LogP contribution in [0.25, 0.3) is 0 Å². The van der Waals surface area contributed by atoms with Gasteiger partial charge >= 0.3 is 5.97 Å². The second-order valence-electron chi connectivity index (χ2n) is 4.23. The number of hydrogen-bond donors (Lipinski definition) is 2. The molecule has 1 aliphatic heterocycles. The second-order valence-corrected chi connectivity index (χ2v) is 4.23. The summed E-state index contributed by atoms with van der Waals surface area (Å²) in [6.45, 7) is 0.454. The molecule has 7 heteroatoms. The topological polar surface area (TPSA) is 91.8 Å². The zero-order chi connectivity index (χ0) is 13.8. The fourth-order valence-corrected chi connectivity index (χ4v) is 1.97. The number of carboxylic acid groups (broad SMARTS) is 1. The van der Waals surface area contributed by atoms with E-state index >= 15 is 0 Å². The molecule has 1 aromatic rings. The molecule has 2 heterocycles. The highest BCUT2D eigenvalue weighted by molar-refractivity contribution is 5.83. The van der Waals surface area contributed by atoms with Crippen molar-refractivity contribution >= 4 is 11.9 Å². The average Bonchev–Trinajstić information content (AvgIpc) is 2.38. The molecule has 19 heavy (non-hydrogen) atoms. The summed E-state index contributed by atoms with van der Waals surface area (Å²) in [5.41, 5.74) is 0.667. The lowest BCUT2D eigenvalue weighted by atomic mass is 10.1. The Labute approximate surface area is 110 Å². The number of carbonyl (C=O) groups excluding carboxylic acids is 1. The summed E-state index contributed by atoms with van der Waals surface area (Å²) in [5.74, 6) is -0.672. The lowest BCUT2D eigenvalue weighted by Crippen LogP contribution is -2.57. The van der Waals surface area contributed by atoms with Crippen LogP contribution in [0.15, 0.2) is 18.2 Å². The summed E-state index contributed by atoms with van der Waals surface area (Å²) in [6, 6.07) is 4.53. The number of piperazine rings is 1. The average molecular weight is 265 g/mol. The van der Waals surface area contributed by atoms with Crippen LogP contribution in [0.4, 0.5) is 0 Å². The van der Waals surface area contributed by atoms with E-state index in [1.165, 1.54) is 7.11 Å². The van der Waals surface area contributed by atoms with Crippen LogP contribution in [0, 0.1) is 0 Å². The SMILES string of the molecule is COc1cccc(CN2CC(=O)NCC2C(=O)O)n1. The highest BCUT2D eigenvalue weighted by Crippen LogP contribution is 2.12. The predicted octanol–water partition coefficient (Wildman–Crippen LogP) is -0.525.